The van der Waals surface area contributed by atoms with Gasteiger partial charge in [-0.2, -0.15) is 0 Å². The summed E-state index contributed by atoms with van der Waals surface area (Å²) >= 11 is 0. The van der Waals surface area contributed by atoms with Crippen molar-refractivity contribution in [2.75, 3.05) is 11.9 Å². The van der Waals surface area contributed by atoms with Gasteiger partial charge in [-0.25, -0.2) is 0 Å². The van der Waals surface area contributed by atoms with E-state index in [1.54, 1.807) is 12.3 Å². The number of aromatic nitrogens is 1. The van der Waals surface area contributed by atoms with Crippen LogP contribution in [-0.2, 0) is 4.79 Å². The Labute approximate surface area is 181 Å². The molecule has 5 rings (SSSR count). The number of benzene rings is 2. The van der Waals surface area contributed by atoms with Gasteiger partial charge < -0.3 is 15.2 Å². The summed E-state index contributed by atoms with van der Waals surface area (Å²) in [6.07, 6.45) is 3.06. The molecule has 2 N–H and O–H groups in total. The number of carbonyl (C=O) groups is 1. The number of Topliss-reactive ketones (excluding diaryl/α,β-unsaturated/α-hetero) is 1. The Hall–Kier alpha value is -3.34. The highest BCUT2D eigenvalue weighted by Gasteiger charge is 2.42. The van der Waals surface area contributed by atoms with E-state index in [-0.39, 0.29) is 22.9 Å². The van der Waals surface area contributed by atoms with Crippen molar-refractivity contribution in [1.82, 2.24) is 4.98 Å². The lowest BCUT2D eigenvalue weighted by atomic mass is 9.68. The molecule has 5 nitrogen and oxygen atoms in total. The van der Waals surface area contributed by atoms with Crippen LogP contribution in [0.2, 0.25) is 0 Å². The number of ether oxygens (including phenoxy) is 1. The van der Waals surface area contributed by atoms with Crippen LogP contribution in [0, 0.1) is 5.41 Å². The SMILES string of the molecule is CCOc1c(O)cccc1[C@@H]1C2=C(CC(C)(C)CC2=O)Nc2ccc3ncccc3c21. The Kier molecular flexibility index (Phi) is 4.50. The Morgan fingerprint density at radius 3 is 2.81 bits per heavy atom. The highest BCUT2D eigenvalue weighted by Crippen LogP contribution is 2.53. The average molecular weight is 415 g/mol. The molecule has 3 aromatic rings. The van der Waals surface area contributed by atoms with Gasteiger partial charge >= 0.3 is 0 Å². The second-order valence-corrected chi connectivity index (χ2v) is 9.12. The van der Waals surface area contributed by atoms with Crippen molar-refractivity contribution >= 4 is 22.4 Å². The number of ketones is 1. The second kappa shape index (κ2) is 7.12. The fraction of sp³-hybridized carbons (Fsp3) is 0.308. The van der Waals surface area contributed by atoms with E-state index in [0.29, 0.717) is 18.8 Å². The molecule has 0 radical (unpaired) electrons. The fourth-order valence-corrected chi connectivity index (χ4v) is 5.07. The molecule has 2 aliphatic rings. The molecule has 0 bridgehead atoms. The molecular formula is C26H26N2O3. The normalized spacial score (nSPS) is 19.6. The molecule has 0 unspecified atom stereocenters. The van der Waals surface area contributed by atoms with Gasteiger partial charge in [0.05, 0.1) is 12.1 Å². The Balaban J connectivity index is 1.85. The standard InChI is InChI=1S/C26H26N2O3/c1-4-31-25-16(7-5-9-20(25)29)23-22-15-8-6-12-27-17(15)10-11-18(22)28-19-13-26(2,3)14-21(30)24(19)23/h5-12,23,28-29H,4,13-14H2,1-3H3/t23-/m0/s1. The average Bonchev–Trinajstić information content (AvgIpc) is 2.73. The van der Waals surface area contributed by atoms with Gasteiger partial charge in [-0.05, 0) is 48.6 Å². The first kappa shape index (κ1) is 19.6. The lowest BCUT2D eigenvalue weighted by Crippen LogP contribution is -2.34. The van der Waals surface area contributed by atoms with Crippen LogP contribution in [0.5, 0.6) is 11.5 Å². The number of para-hydroxylation sites is 1. The first-order valence-corrected chi connectivity index (χ1v) is 10.7. The van der Waals surface area contributed by atoms with Gasteiger partial charge in [0, 0.05) is 46.4 Å². The number of phenols is 1. The summed E-state index contributed by atoms with van der Waals surface area (Å²) in [5.74, 6) is 0.328. The van der Waals surface area contributed by atoms with Crippen molar-refractivity contribution < 1.29 is 14.6 Å². The number of nitrogens with zero attached hydrogens (tertiary/aromatic N) is 1. The number of nitrogens with one attached hydrogen (secondary N) is 1. The summed E-state index contributed by atoms with van der Waals surface area (Å²) in [7, 11) is 0. The number of fused-ring (bicyclic) bond motifs is 3. The molecule has 2 heterocycles. The number of pyridine rings is 1. The molecule has 0 spiro atoms. The van der Waals surface area contributed by atoms with Crippen LogP contribution in [0.15, 0.2) is 59.9 Å². The van der Waals surface area contributed by atoms with Gasteiger partial charge in [0.15, 0.2) is 17.3 Å². The van der Waals surface area contributed by atoms with Crippen LogP contribution >= 0.6 is 0 Å². The van der Waals surface area contributed by atoms with Gasteiger partial charge in [0.2, 0.25) is 0 Å². The van der Waals surface area contributed by atoms with Gasteiger partial charge in [-0.15, -0.1) is 0 Å². The first-order chi connectivity index (χ1) is 14.9. The van der Waals surface area contributed by atoms with Crippen molar-refractivity contribution in [2.45, 2.75) is 39.5 Å². The van der Waals surface area contributed by atoms with Crippen molar-refractivity contribution in [1.29, 1.82) is 0 Å². The van der Waals surface area contributed by atoms with E-state index in [4.69, 9.17) is 4.74 Å². The predicted molar refractivity (Wildman–Crippen MR) is 122 cm³/mol. The van der Waals surface area contributed by atoms with Crippen molar-refractivity contribution in [3.63, 3.8) is 0 Å². The van der Waals surface area contributed by atoms with Crippen LogP contribution in [0.3, 0.4) is 0 Å². The van der Waals surface area contributed by atoms with Crippen LogP contribution < -0.4 is 10.1 Å². The summed E-state index contributed by atoms with van der Waals surface area (Å²) < 4.78 is 5.88. The highest BCUT2D eigenvalue weighted by molar-refractivity contribution is 6.04. The molecule has 1 aliphatic heterocycles. The zero-order valence-corrected chi connectivity index (χ0v) is 18.0. The maximum atomic E-state index is 13.5. The maximum Gasteiger partial charge on any atom is 0.165 e. The minimum absolute atomic E-state index is 0.0866. The van der Waals surface area contributed by atoms with E-state index in [1.807, 2.05) is 43.3 Å². The molecule has 158 valence electrons. The van der Waals surface area contributed by atoms with Crippen molar-refractivity contribution in [2.24, 2.45) is 5.41 Å². The summed E-state index contributed by atoms with van der Waals surface area (Å²) in [6, 6.07) is 13.4. The highest BCUT2D eigenvalue weighted by atomic mass is 16.5. The summed E-state index contributed by atoms with van der Waals surface area (Å²) in [5, 5.41) is 15.2. The third-order valence-electron chi connectivity index (χ3n) is 6.23. The fourth-order valence-electron chi connectivity index (χ4n) is 5.07. The lowest BCUT2D eigenvalue weighted by Gasteiger charge is -2.40. The molecular weight excluding hydrogens is 388 g/mol. The zero-order chi connectivity index (χ0) is 21.8. The lowest BCUT2D eigenvalue weighted by molar-refractivity contribution is -0.118. The van der Waals surface area contributed by atoms with Crippen LogP contribution in [0.1, 0.15) is 50.7 Å². The third kappa shape index (κ3) is 3.16. The number of aromatic hydroxyl groups is 1. The van der Waals surface area contributed by atoms with E-state index in [0.717, 1.165) is 45.4 Å². The molecule has 5 heteroatoms. The summed E-state index contributed by atoms with van der Waals surface area (Å²) in [5.41, 5.74) is 5.29. The van der Waals surface area contributed by atoms with Crippen molar-refractivity contribution in [3.8, 4) is 11.5 Å². The molecule has 0 amide bonds. The van der Waals surface area contributed by atoms with Gasteiger partial charge in [0.25, 0.3) is 0 Å². The summed E-state index contributed by atoms with van der Waals surface area (Å²) in [6.45, 7) is 6.58. The molecule has 1 aliphatic carbocycles. The zero-order valence-electron chi connectivity index (χ0n) is 18.0. The van der Waals surface area contributed by atoms with Crippen LogP contribution in [0.25, 0.3) is 10.9 Å². The molecule has 2 aromatic carbocycles. The second-order valence-electron chi connectivity index (χ2n) is 9.12. The van der Waals surface area contributed by atoms with E-state index < -0.39 is 0 Å². The number of phenolic OH excluding ortho intramolecular Hbond substituents is 1. The molecule has 0 saturated heterocycles. The number of allylic oxidation sites excluding steroid dienone is 2. The van der Waals surface area contributed by atoms with E-state index in [2.05, 4.69) is 24.1 Å². The van der Waals surface area contributed by atoms with Crippen LogP contribution in [0.4, 0.5) is 5.69 Å². The molecule has 31 heavy (non-hydrogen) atoms. The number of carbonyl (C=O) groups excluding carboxylic acids is 1. The predicted octanol–water partition coefficient (Wildman–Crippen LogP) is 5.54. The number of hydrogen-bond donors (Lipinski definition) is 2. The van der Waals surface area contributed by atoms with E-state index in [9.17, 15) is 9.90 Å². The Bertz CT molecular complexity index is 1240. The number of hydrogen-bond acceptors (Lipinski definition) is 5. The van der Waals surface area contributed by atoms with E-state index >= 15 is 0 Å². The monoisotopic (exact) mass is 414 g/mol. The summed E-state index contributed by atoms with van der Waals surface area (Å²) in [4.78, 5) is 18.0. The minimum atomic E-state index is -0.337. The largest absolute Gasteiger partial charge is 0.504 e. The quantitative estimate of drug-likeness (QED) is 0.589. The van der Waals surface area contributed by atoms with Crippen LogP contribution in [-0.4, -0.2) is 22.5 Å². The molecule has 1 atom stereocenters. The Morgan fingerprint density at radius 1 is 1.16 bits per heavy atom. The van der Waals surface area contributed by atoms with Gasteiger partial charge in [-0.3, -0.25) is 9.78 Å². The first-order valence-electron chi connectivity index (χ1n) is 10.7. The smallest absolute Gasteiger partial charge is 0.165 e. The van der Waals surface area contributed by atoms with Gasteiger partial charge in [0.1, 0.15) is 0 Å². The third-order valence-corrected chi connectivity index (χ3v) is 6.23. The molecule has 1 aromatic heterocycles. The molecule has 0 saturated carbocycles. The van der Waals surface area contributed by atoms with E-state index in [1.165, 1.54) is 0 Å². The van der Waals surface area contributed by atoms with Crippen molar-refractivity contribution in [3.05, 3.63) is 71.1 Å². The number of rotatable bonds is 3. The molecule has 0 fully saturated rings. The topological polar surface area (TPSA) is 71.5 Å². The number of anilines is 1. The Morgan fingerprint density at radius 2 is 2.00 bits per heavy atom. The maximum absolute atomic E-state index is 13.5. The van der Waals surface area contributed by atoms with Gasteiger partial charge in [-0.1, -0.05) is 32.0 Å². The minimum Gasteiger partial charge on any atom is -0.504 e.